The van der Waals surface area contributed by atoms with E-state index in [1.807, 2.05) is 0 Å². The van der Waals surface area contributed by atoms with Gasteiger partial charge in [0.15, 0.2) is 0 Å². The minimum absolute atomic E-state index is 0.00326. The molecule has 0 spiro atoms. The van der Waals surface area contributed by atoms with Crippen LogP contribution in [0.3, 0.4) is 0 Å². The predicted molar refractivity (Wildman–Crippen MR) is 50.0 cm³/mol. The maximum absolute atomic E-state index is 12.3. The lowest BCUT2D eigenvalue weighted by atomic mass is 10.1. The summed E-state index contributed by atoms with van der Waals surface area (Å²) in [6.07, 6.45) is -3.16. The topological polar surface area (TPSA) is 57.6 Å². The van der Waals surface area contributed by atoms with Crippen molar-refractivity contribution >= 4 is 11.9 Å². The zero-order valence-corrected chi connectivity index (χ0v) is 8.91. The van der Waals surface area contributed by atoms with Crippen molar-refractivity contribution in [2.45, 2.75) is 31.5 Å². The summed E-state index contributed by atoms with van der Waals surface area (Å²) < 4.78 is 37.0. The van der Waals surface area contributed by atoms with Crippen LogP contribution in [0, 0.1) is 11.8 Å². The second-order valence-electron chi connectivity index (χ2n) is 4.51. The molecule has 0 radical (unpaired) electrons. The van der Waals surface area contributed by atoms with Gasteiger partial charge in [0, 0.05) is 12.6 Å². The SMILES string of the molecule is O=C(O)[C@H]1[C@@H]2CCCCN(C(=O)C(F)(F)F)[C@@H]21. The zero-order valence-electron chi connectivity index (χ0n) is 8.91. The number of rotatable bonds is 1. The van der Waals surface area contributed by atoms with E-state index >= 15 is 0 Å². The summed E-state index contributed by atoms with van der Waals surface area (Å²) >= 11 is 0. The molecule has 0 bridgehead atoms. The van der Waals surface area contributed by atoms with Crippen molar-refractivity contribution in [3.05, 3.63) is 0 Å². The van der Waals surface area contributed by atoms with Gasteiger partial charge in [-0.3, -0.25) is 9.59 Å². The van der Waals surface area contributed by atoms with Crippen LogP contribution in [0.1, 0.15) is 19.3 Å². The Morgan fingerprint density at radius 2 is 1.88 bits per heavy atom. The van der Waals surface area contributed by atoms with Gasteiger partial charge in [0.05, 0.1) is 5.92 Å². The smallest absolute Gasteiger partial charge is 0.471 e. The van der Waals surface area contributed by atoms with E-state index in [-0.39, 0.29) is 12.5 Å². The van der Waals surface area contributed by atoms with Crippen molar-refractivity contribution in [3.63, 3.8) is 0 Å². The number of likely N-dealkylation sites (tertiary alicyclic amines) is 1. The van der Waals surface area contributed by atoms with Gasteiger partial charge >= 0.3 is 18.1 Å². The number of carboxylic acids is 1. The standard InChI is InChI=1S/C10H12F3NO3/c11-10(12,13)9(17)14-4-2-1-3-5-6(7(5)14)8(15)16/h5-7H,1-4H2,(H,15,16)/t5-,6-,7-/m0/s1. The maximum atomic E-state index is 12.3. The predicted octanol–water partition coefficient (Wildman–Crippen LogP) is 1.26. The lowest BCUT2D eigenvalue weighted by Gasteiger charge is -2.23. The Balaban J connectivity index is 2.16. The largest absolute Gasteiger partial charge is 0.481 e. The van der Waals surface area contributed by atoms with Gasteiger partial charge in [0.25, 0.3) is 0 Å². The third-order valence-electron chi connectivity index (χ3n) is 3.46. The number of hydrogen-bond donors (Lipinski definition) is 1. The number of fused-ring (bicyclic) bond motifs is 1. The number of alkyl halides is 3. The molecule has 2 rings (SSSR count). The molecule has 1 N–H and O–H groups in total. The molecule has 3 atom stereocenters. The Labute approximate surface area is 95.4 Å². The van der Waals surface area contributed by atoms with Crippen LogP contribution in [0.4, 0.5) is 13.2 Å². The molecule has 0 unspecified atom stereocenters. The first-order valence-electron chi connectivity index (χ1n) is 5.44. The van der Waals surface area contributed by atoms with Gasteiger partial charge in [-0.2, -0.15) is 13.2 Å². The maximum Gasteiger partial charge on any atom is 0.471 e. The van der Waals surface area contributed by atoms with Crippen molar-refractivity contribution in [1.29, 1.82) is 0 Å². The monoisotopic (exact) mass is 251 g/mol. The van der Waals surface area contributed by atoms with E-state index in [0.717, 1.165) is 0 Å². The van der Waals surface area contributed by atoms with Crippen LogP contribution in [0.15, 0.2) is 0 Å². The lowest BCUT2D eigenvalue weighted by molar-refractivity contribution is -0.186. The van der Waals surface area contributed by atoms with Crippen molar-refractivity contribution < 1.29 is 27.9 Å². The number of aliphatic carboxylic acids is 1. The molecular weight excluding hydrogens is 239 g/mol. The Hall–Kier alpha value is -1.27. The fraction of sp³-hybridized carbons (Fsp3) is 0.800. The highest BCUT2D eigenvalue weighted by molar-refractivity contribution is 5.85. The molecule has 1 saturated heterocycles. The molecule has 1 amide bonds. The lowest BCUT2D eigenvalue weighted by Crippen LogP contribution is -2.44. The van der Waals surface area contributed by atoms with E-state index in [1.165, 1.54) is 0 Å². The molecule has 7 heteroatoms. The molecule has 96 valence electrons. The number of halogens is 3. The van der Waals surface area contributed by atoms with Gasteiger partial charge in [-0.15, -0.1) is 0 Å². The summed E-state index contributed by atoms with van der Waals surface area (Å²) in [7, 11) is 0. The second-order valence-corrected chi connectivity index (χ2v) is 4.51. The first-order valence-corrected chi connectivity index (χ1v) is 5.44. The van der Waals surface area contributed by atoms with Crippen molar-refractivity contribution in [2.24, 2.45) is 11.8 Å². The van der Waals surface area contributed by atoms with Crippen LogP contribution in [0.25, 0.3) is 0 Å². The van der Waals surface area contributed by atoms with Gasteiger partial charge < -0.3 is 10.0 Å². The molecule has 17 heavy (non-hydrogen) atoms. The highest BCUT2D eigenvalue weighted by Gasteiger charge is 2.61. The van der Waals surface area contributed by atoms with E-state index < -0.39 is 30.0 Å². The van der Waals surface area contributed by atoms with Crippen molar-refractivity contribution in [1.82, 2.24) is 4.90 Å². The number of carboxylic acid groups (broad SMARTS) is 1. The average Bonchev–Trinajstić information content (AvgIpc) is 2.89. The van der Waals surface area contributed by atoms with E-state index in [9.17, 15) is 22.8 Å². The van der Waals surface area contributed by atoms with Crippen LogP contribution in [-0.2, 0) is 9.59 Å². The number of carbonyl (C=O) groups excluding carboxylic acids is 1. The van der Waals surface area contributed by atoms with Gasteiger partial charge in [0.2, 0.25) is 0 Å². The molecule has 4 nitrogen and oxygen atoms in total. The number of nitrogens with zero attached hydrogens (tertiary/aromatic N) is 1. The highest BCUT2D eigenvalue weighted by Crippen LogP contribution is 2.49. The summed E-state index contributed by atoms with van der Waals surface area (Å²) in [5.74, 6) is -4.14. The summed E-state index contributed by atoms with van der Waals surface area (Å²) in [6, 6.07) is -0.760. The Kier molecular flexibility index (Phi) is 2.79. The average molecular weight is 251 g/mol. The first kappa shape index (κ1) is 12.2. The number of hydrogen-bond acceptors (Lipinski definition) is 2. The Bertz CT molecular complexity index is 355. The van der Waals surface area contributed by atoms with Crippen LogP contribution in [0.5, 0.6) is 0 Å². The Morgan fingerprint density at radius 3 is 2.41 bits per heavy atom. The third kappa shape index (κ3) is 2.10. The summed E-state index contributed by atoms with van der Waals surface area (Å²) in [6.45, 7) is 0.00326. The molecule has 0 aromatic carbocycles. The number of carbonyl (C=O) groups is 2. The van der Waals surface area contributed by atoms with E-state index in [2.05, 4.69) is 0 Å². The molecule has 0 aromatic heterocycles. The van der Waals surface area contributed by atoms with Gasteiger partial charge in [-0.05, 0) is 18.8 Å². The van der Waals surface area contributed by atoms with E-state index in [0.29, 0.717) is 24.2 Å². The third-order valence-corrected chi connectivity index (χ3v) is 3.46. The van der Waals surface area contributed by atoms with Gasteiger partial charge in [-0.1, -0.05) is 6.42 Å². The Morgan fingerprint density at radius 1 is 1.24 bits per heavy atom. The summed E-state index contributed by atoms with van der Waals surface area (Å²) in [4.78, 5) is 22.7. The minimum Gasteiger partial charge on any atom is -0.481 e. The van der Waals surface area contributed by atoms with Crippen LogP contribution < -0.4 is 0 Å². The fourth-order valence-electron chi connectivity index (χ4n) is 2.67. The van der Waals surface area contributed by atoms with E-state index in [1.54, 1.807) is 0 Å². The molecular formula is C10H12F3NO3. The minimum atomic E-state index is -4.92. The molecule has 2 aliphatic rings. The fourth-order valence-corrected chi connectivity index (χ4v) is 2.67. The molecule has 1 heterocycles. The highest BCUT2D eigenvalue weighted by atomic mass is 19.4. The van der Waals surface area contributed by atoms with Gasteiger partial charge in [-0.25, -0.2) is 0 Å². The summed E-state index contributed by atoms with van der Waals surface area (Å²) in [5.41, 5.74) is 0. The van der Waals surface area contributed by atoms with Crippen molar-refractivity contribution in [2.75, 3.05) is 6.54 Å². The quantitative estimate of drug-likeness (QED) is 0.763. The molecule has 2 fully saturated rings. The zero-order chi connectivity index (χ0) is 12.8. The molecule has 1 aliphatic carbocycles. The van der Waals surface area contributed by atoms with Crippen molar-refractivity contribution in [3.8, 4) is 0 Å². The summed E-state index contributed by atoms with van der Waals surface area (Å²) in [5, 5.41) is 8.86. The molecule has 1 aliphatic heterocycles. The van der Waals surface area contributed by atoms with E-state index in [4.69, 9.17) is 5.11 Å². The van der Waals surface area contributed by atoms with Gasteiger partial charge in [0.1, 0.15) is 0 Å². The molecule has 1 saturated carbocycles. The van der Waals surface area contributed by atoms with Crippen LogP contribution >= 0.6 is 0 Å². The van der Waals surface area contributed by atoms with Crippen LogP contribution in [-0.4, -0.2) is 40.6 Å². The normalized spacial score (nSPS) is 32.6. The molecule has 0 aromatic rings. The number of amides is 1. The first-order chi connectivity index (χ1) is 7.84. The second kappa shape index (κ2) is 3.89. The van der Waals surface area contributed by atoms with Crippen LogP contribution in [0.2, 0.25) is 0 Å².